The zero-order chi connectivity index (χ0) is 21.8. The van der Waals surface area contributed by atoms with Gasteiger partial charge in [-0.2, -0.15) is 0 Å². The van der Waals surface area contributed by atoms with E-state index in [0.29, 0.717) is 30.9 Å². The van der Waals surface area contributed by atoms with E-state index in [1.54, 1.807) is 12.1 Å². The third-order valence-electron chi connectivity index (χ3n) is 5.52. The molecule has 0 saturated carbocycles. The second-order valence-electron chi connectivity index (χ2n) is 7.91. The van der Waals surface area contributed by atoms with Crippen LogP contribution in [0.5, 0.6) is 0 Å². The number of hydrogen-bond acceptors (Lipinski definition) is 3. The Morgan fingerprint density at radius 1 is 0.903 bits per heavy atom. The molecule has 5 nitrogen and oxygen atoms in total. The summed E-state index contributed by atoms with van der Waals surface area (Å²) in [6.07, 6.45) is 2.73. The minimum atomic E-state index is -3.33. The van der Waals surface area contributed by atoms with Crippen molar-refractivity contribution in [3.05, 3.63) is 101 Å². The minimum Gasteiger partial charge on any atom is -0.330 e. The Bertz CT molecular complexity index is 1120. The van der Waals surface area contributed by atoms with E-state index in [2.05, 4.69) is 0 Å². The molecule has 3 aromatic carbocycles. The van der Waals surface area contributed by atoms with E-state index < -0.39 is 10.0 Å². The second kappa shape index (κ2) is 8.94. The maximum Gasteiger partial charge on any atom is 0.254 e. The van der Waals surface area contributed by atoms with Crippen molar-refractivity contribution in [2.45, 2.75) is 25.9 Å². The molecule has 1 aliphatic heterocycles. The van der Waals surface area contributed by atoms with Crippen molar-refractivity contribution in [1.82, 2.24) is 4.90 Å². The van der Waals surface area contributed by atoms with Crippen molar-refractivity contribution in [2.24, 2.45) is 0 Å². The predicted molar refractivity (Wildman–Crippen MR) is 123 cm³/mol. The standard InChI is InChI=1S/C25H26N2O3S/c1-31(29,30)27-16-8-13-22-17-23(14-15-24(22)27)25(28)26(18-20-9-4-2-5-10-20)19-21-11-6-3-7-12-21/h2-7,9-12,14-15,17H,8,13,16,18-19H2,1H3. The van der Waals surface area contributed by atoms with Crippen molar-refractivity contribution in [2.75, 3.05) is 17.1 Å². The largest absolute Gasteiger partial charge is 0.330 e. The van der Waals surface area contributed by atoms with Gasteiger partial charge in [-0.1, -0.05) is 60.7 Å². The van der Waals surface area contributed by atoms with E-state index in [-0.39, 0.29) is 5.91 Å². The third-order valence-corrected chi connectivity index (χ3v) is 6.70. The molecule has 0 spiro atoms. The molecule has 1 amide bonds. The van der Waals surface area contributed by atoms with Crippen molar-refractivity contribution in [1.29, 1.82) is 0 Å². The molecule has 31 heavy (non-hydrogen) atoms. The van der Waals surface area contributed by atoms with E-state index >= 15 is 0 Å². The highest BCUT2D eigenvalue weighted by Gasteiger charge is 2.25. The van der Waals surface area contributed by atoms with Gasteiger partial charge in [0.25, 0.3) is 5.91 Å². The molecule has 6 heteroatoms. The summed E-state index contributed by atoms with van der Waals surface area (Å²) in [5.41, 5.74) is 4.30. The van der Waals surface area contributed by atoms with Crippen molar-refractivity contribution < 1.29 is 13.2 Å². The SMILES string of the molecule is CS(=O)(=O)N1CCCc2cc(C(=O)N(Cc3ccccc3)Cc3ccccc3)ccc21. The molecule has 0 radical (unpaired) electrons. The van der Waals surface area contributed by atoms with Crippen molar-refractivity contribution in [3.8, 4) is 0 Å². The fraction of sp³-hybridized carbons (Fsp3) is 0.240. The monoisotopic (exact) mass is 434 g/mol. The Morgan fingerprint density at radius 3 is 2.03 bits per heavy atom. The lowest BCUT2D eigenvalue weighted by Crippen LogP contribution is -2.35. The Balaban J connectivity index is 1.65. The molecule has 160 valence electrons. The van der Waals surface area contributed by atoms with Crippen LogP contribution in [0.15, 0.2) is 78.9 Å². The molecular formula is C25H26N2O3S. The first kappa shape index (κ1) is 21.1. The molecular weight excluding hydrogens is 408 g/mol. The van der Waals surface area contributed by atoms with Gasteiger partial charge in [0, 0.05) is 25.2 Å². The highest BCUT2D eigenvalue weighted by Crippen LogP contribution is 2.30. The lowest BCUT2D eigenvalue weighted by molar-refractivity contribution is 0.0730. The lowest BCUT2D eigenvalue weighted by Gasteiger charge is -2.30. The summed E-state index contributed by atoms with van der Waals surface area (Å²) in [6, 6.07) is 25.2. The normalized spacial score (nSPS) is 13.5. The molecule has 0 bridgehead atoms. The summed E-state index contributed by atoms with van der Waals surface area (Å²) in [5.74, 6) is -0.0630. The first-order chi connectivity index (χ1) is 14.9. The van der Waals surface area contributed by atoms with Crippen LogP contribution in [-0.2, 0) is 29.5 Å². The minimum absolute atomic E-state index is 0.0630. The maximum atomic E-state index is 13.5. The summed E-state index contributed by atoms with van der Waals surface area (Å²) in [7, 11) is -3.33. The fourth-order valence-corrected chi connectivity index (χ4v) is 5.03. The van der Waals surface area contributed by atoms with Crippen LogP contribution in [0.3, 0.4) is 0 Å². The van der Waals surface area contributed by atoms with Gasteiger partial charge in [0.1, 0.15) is 0 Å². The van der Waals surface area contributed by atoms with Gasteiger partial charge in [-0.15, -0.1) is 0 Å². The Labute approximate surface area is 184 Å². The number of rotatable bonds is 6. The average molecular weight is 435 g/mol. The number of fused-ring (bicyclic) bond motifs is 1. The second-order valence-corrected chi connectivity index (χ2v) is 9.82. The van der Waals surface area contributed by atoms with Crippen LogP contribution in [0.25, 0.3) is 0 Å². The lowest BCUT2D eigenvalue weighted by atomic mass is 10.00. The average Bonchev–Trinajstić information content (AvgIpc) is 2.78. The number of benzene rings is 3. The highest BCUT2D eigenvalue weighted by atomic mass is 32.2. The van der Waals surface area contributed by atoms with Gasteiger partial charge in [0.05, 0.1) is 11.9 Å². The summed E-state index contributed by atoms with van der Waals surface area (Å²) in [5, 5.41) is 0. The Hall–Kier alpha value is -3.12. The van der Waals surface area contributed by atoms with Crippen LogP contribution in [-0.4, -0.2) is 32.0 Å². The molecule has 1 heterocycles. The maximum absolute atomic E-state index is 13.5. The number of amides is 1. The van der Waals surface area contributed by atoms with Gasteiger partial charge in [-0.25, -0.2) is 8.42 Å². The summed E-state index contributed by atoms with van der Waals surface area (Å²) in [6.45, 7) is 1.48. The zero-order valence-electron chi connectivity index (χ0n) is 17.6. The molecule has 0 saturated heterocycles. The molecule has 0 N–H and O–H groups in total. The number of aryl methyl sites for hydroxylation is 1. The van der Waals surface area contributed by atoms with Gasteiger partial charge in [-0.3, -0.25) is 9.10 Å². The van der Waals surface area contributed by atoms with E-state index in [1.165, 1.54) is 10.6 Å². The molecule has 0 aliphatic carbocycles. The quantitative estimate of drug-likeness (QED) is 0.583. The van der Waals surface area contributed by atoms with Crippen LogP contribution >= 0.6 is 0 Å². The van der Waals surface area contributed by atoms with Crippen LogP contribution in [0.2, 0.25) is 0 Å². The highest BCUT2D eigenvalue weighted by molar-refractivity contribution is 7.92. The van der Waals surface area contributed by atoms with Crippen LogP contribution in [0.4, 0.5) is 5.69 Å². The van der Waals surface area contributed by atoms with E-state index in [9.17, 15) is 13.2 Å². The third kappa shape index (κ3) is 4.97. The zero-order valence-corrected chi connectivity index (χ0v) is 18.4. The molecule has 0 atom stereocenters. The summed E-state index contributed by atoms with van der Waals surface area (Å²) < 4.78 is 25.7. The number of hydrogen-bond donors (Lipinski definition) is 0. The Kier molecular flexibility index (Phi) is 6.09. The topological polar surface area (TPSA) is 57.7 Å². The van der Waals surface area contributed by atoms with Crippen molar-refractivity contribution >= 4 is 21.6 Å². The first-order valence-electron chi connectivity index (χ1n) is 10.4. The molecule has 1 aliphatic rings. The first-order valence-corrected chi connectivity index (χ1v) is 12.2. The van der Waals surface area contributed by atoms with Gasteiger partial charge < -0.3 is 4.90 Å². The molecule has 4 rings (SSSR count). The molecule has 0 unspecified atom stereocenters. The molecule has 0 fully saturated rings. The number of carbonyl (C=O) groups excluding carboxylic acids is 1. The van der Waals surface area contributed by atoms with E-state index in [1.807, 2.05) is 71.6 Å². The molecule has 3 aromatic rings. The number of nitrogens with zero attached hydrogens (tertiary/aromatic N) is 2. The van der Waals surface area contributed by atoms with Gasteiger partial charge in [0.15, 0.2) is 0 Å². The number of carbonyl (C=O) groups is 1. The van der Waals surface area contributed by atoms with E-state index in [4.69, 9.17) is 0 Å². The number of sulfonamides is 1. The predicted octanol–water partition coefficient (Wildman–Crippen LogP) is 4.24. The Morgan fingerprint density at radius 2 is 1.48 bits per heavy atom. The number of anilines is 1. The fourth-order valence-electron chi connectivity index (χ4n) is 4.03. The molecule has 0 aromatic heterocycles. The van der Waals surface area contributed by atoms with Crippen molar-refractivity contribution in [3.63, 3.8) is 0 Å². The van der Waals surface area contributed by atoms with Crippen LogP contribution < -0.4 is 4.31 Å². The van der Waals surface area contributed by atoms with Gasteiger partial charge >= 0.3 is 0 Å². The summed E-state index contributed by atoms with van der Waals surface area (Å²) in [4.78, 5) is 15.3. The van der Waals surface area contributed by atoms with Crippen LogP contribution in [0.1, 0.15) is 33.5 Å². The van der Waals surface area contributed by atoms with Crippen LogP contribution in [0, 0.1) is 0 Å². The van der Waals surface area contributed by atoms with Gasteiger partial charge in [0.2, 0.25) is 10.0 Å². The summed E-state index contributed by atoms with van der Waals surface area (Å²) >= 11 is 0. The smallest absolute Gasteiger partial charge is 0.254 e. The van der Waals surface area contributed by atoms with E-state index in [0.717, 1.165) is 29.5 Å². The van der Waals surface area contributed by atoms with Gasteiger partial charge in [-0.05, 0) is 47.7 Å².